The largest absolute Gasteiger partial charge is 0.495 e. The van der Waals surface area contributed by atoms with E-state index in [1.54, 1.807) is 12.1 Å². The molecule has 0 aliphatic rings. The van der Waals surface area contributed by atoms with Crippen LogP contribution in [0.3, 0.4) is 0 Å². The number of hydrogen-bond donors (Lipinski definition) is 2. The van der Waals surface area contributed by atoms with Gasteiger partial charge in [-0.2, -0.15) is 0 Å². The molecule has 0 spiro atoms. The van der Waals surface area contributed by atoms with Crippen molar-refractivity contribution < 1.29 is 18.8 Å². The molecule has 2 rings (SSSR count). The van der Waals surface area contributed by atoms with Gasteiger partial charge in [0.1, 0.15) is 11.5 Å². The van der Waals surface area contributed by atoms with Crippen molar-refractivity contribution in [2.75, 3.05) is 24.9 Å². The fourth-order valence-electron chi connectivity index (χ4n) is 1.50. The molecule has 1 aromatic carbocycles. The summed E-state index contributed by atoms with van der Waals surface area (Å²) < 4.78 is 15.0. The maximum Gasteiger partial charge on any atom is 0.326 e. The first-order valence-corrected chi connectivity index (χ1v) is 5.92. The normalized spacial score (nSPS) is 9.95. The first-order chi connectivity index (χ1) is 9.63. The highest BCUT2D eigenvalue weighted by atomic mass is 35.5. The Bertz CT molecular complexity index is 601. The molecule has 0 atom stereocenters. The van der Waals surface area contributed by atoms with Crippen LogP contribution in [0.5, 0.6) is 11.5 Å². The number of carbonyl (C=O) groups is 1. The van der Waals surface area contributed by atoms with Crippen LogP contribution in [-0.2, 0) is 0 Å². The van der Waals surface area contributed by atoms with Gasteiger partial charge in [-0.05, 0) is 0 Å². The molecule has 2 amide bonds. The van der Waals surface area contributed by atoms with Crippen molar-refractivity contribution >= 4 is 29.2 Å². The van der Waals surface area contributed by atoms with E-state index in [1.165, 1.54) is 26.5 Å². The number of hydrogen-bond acceptors (Lipinski definition) is 5. The molecule has 0 unspecified atom stereocenters. The number of aromatic nitrogens is 1. The van der Waals surface area contributed by atoms with Crippen molar-refractivity contribution in [3.8, 4) is 11.5 Å². The summed E-state index contributed by atoms with van der Waals surface area (Å²) in [6.07, 6.45) is 1.42. The van der Waals surface area contributed by atoms with Crippen LogP contribution in [0.4, 0.5) is 16.4 Å². The predicted molar refractivity (Wildman–Crippen MR) is 73.7 cm³/mol. The van der Waals surface area contributed by atoms with Gasteiger partial charge in [0.15, 0.2) is 0 Å². The number of anilines is 2. The molecule has 0 saturated carbocycles. The molecular formula is C12H12ClN3O4. The van der Waals surface area contributed by atoms with E-state index in [-0.39, 0.29) is 5.88 Å². The fraction of sp³-hybridized carbons (Fsp3) is 0.167. The Morgan fingerprint density at radius 2 is 2.00 bits per heavy atom. The van der Waals surface area contributed by atoms with Crippen molar-refractivity contribution in [1.29, 1.82) is 0 Å². The van der Waals surface area contributed by atoms with Gasteiger partial charge in [-0.1, -0.05) is 16.8 Å². The lowest BCUT2D eigenvalue weighted by atomic mass is 10.2. The maximum absolute atomic E-state index is 11.8. The molecule has 1 aromatic heterocycles. The van der Waals surface area contributed by atoms with E-state index < -0.39 is 6.03 Å². The summed E-state index contributed by atoms with van der Waals surface area (Å²) in [4.78, 5) is 11.8. The van der Waals surface area contributed by atoms with Gasteiger partial charge >= 0.3 is 6.03 Å². The third kappa shape index (κ3) is 3.12. The second kappa shape index (κ2) is 6.16. The van der Waals surface area contributed by atoms with E-state index in [2.05, 4.69) is 15.8 Å². The zero-order chi connectivity index (χ0) is 14.5. The van der Waals surface area contributed by atoms with Gasteiger partial charge in [0.05, 0.1) is 31.1 Å². The van der Waals surface area contributed by atoms with E-state index in [9.17, 15) is 4.79 Å². The van der Waals surface area contributed by atoms with E-state index in [0.717, 1.165) is 0 Å². The fourth-order valence-corrected chi connectivity index (χ4v) is 1.73. The van der Waals surface area contributed by atoms with Gasteiger partial charge in [-0.25, -0.2) is 4.79 Å². The van der Waals surface area contributed by atoms with Gasteiger partial charge in [0, 0.05) is 18.2 Å². The van der Waals surface area contributed by atoms with E-state index >= 15 is 0 Å². The number of benzene rings is 1. The van der Waals surface area contributed by atoms with Crippen molar-refractivity contribution in [3.63, 3.8) is 0 Å². The molecule has 8 heteroatoms. The Morgan fingerprint density at radius 3 is 2.60 bits per heavy atom. The Labute approximate surface area is 119 Å². The molecule has 1 heterocycles. The van der Waals surface area contributed by atoms with E-state index in [4.69, 9.17) is 25.6 Å². The Kier molecular flexibility index (Phi) is 4.31. The molecule has 2 aromatic rings. The van der Waals surface area contributed by atoms with Crippen LogP contribution in [0.25, 0.3) is 0 Å². The highest BCUT2D eigenvalue weighted by Crippen LogP contribution is 2.35. The molecule has 7 nitrogen and oxygen atoms in total. The summed E-state index contributed by atoms with van der Waals surface area (Å²) in [6.45, 7) is 0. The molecule has 20 heavy (non-hydrogen) atoms. The number of amides is 2. The molecule has 2 N–H and O–H groups in total. The number of rotatable bonds is 4. The topological polar surface area (TPSA) is 85.6 Å². The van der Waals surface area contributed by atoms with Gasteiger partial charge in [-0.3, -0.25) is 5.32 Å². The Morgan fingerprint density at radius 1 is 1.25 bits per heavy atom. The maximum atomic E-state index is 11.8. The number of carbonyl (C=O) groups excluding carboxylic acids is 1. The minimum atomic E-state index is -0.510. The highest BCUT2D eigenvalue weighted by Gasteiger charge is 2.13. The van der Waals surface area contributed by atoms with E-state index in [0.29, 0.717) is 22.2 Å². The predicted octanol–water partition coefficient (Wildman–Crippen LogP) is 2.99. The van der Waals surface area contributed by atoms with Crippen LogP contribution < -0.4 is 20.1 Å². The summed E-state index contributed by atoms with van der Waals surface area (Å²) in [5.74, 6) is 1.05. The van der Waals surface area contributed by atoms with Crippen LogP contribution in [0.1, 0.15) is 0 Å². The monoisotopic (exact) mass is 297 g/mol. The molecule has 0 radical (unpaired) electrons. The SMILES string of the molecule is COc1cc(NC(=O)Nc2ccno2)c(OC)cc1Cl. The molecule has 0 saturated heterocycles. The minimum Gasteiger partial charge on any atom is -0.495 e. The number of nitrogens with one attached hydrogen (secondary N) is 2. The number of methoxy groups -OCH3 is 2. The minimum absolute atomic E-state index is 0.224. The Hall–Kier alpha value is -2.41. The molecule has 0 aliphatic carbocycles. The molecule has 0 bridgehead atoms. The molecule has 106 valence electrons. The van der Waals surface area contributed by atoms with Crippen LogP contribution in [0.15, 0.2) is 28.9 Å². The number of halogens is 1. The van der Waals surface area contributed by atoms with Gasteiger partial charge in [0.25, 0.3) is 0 Å². The number of urea groups is 1. The summed E-state index contributed by atoms with van der Waals surface area (Å²) in [5.41, 5.74) is 0.408. The molecular weight excluding hydrogens is 286 g/mol. The summed E-state index contributed by atoms with van der Waals surface area (Å²) in [5, 5.41) is 8.92. The van der Waals surface area contributed by atoms with Crippen molar-refractivity contribution in [2.24, 2.45) is 0 Å². The lowest BCUT2D eigenvalue weighted by Gasteiger charge is -2.13. The second-order valence-corrected chi connectivity index (χ2v) is 4.05. The Balaban J connectivity index is 2.17. The zero-order valence-corrected chi connectivity index (χ0v) is 11.5. The lowest BCUT2D eigenvalue weighted by Crippen LogP contribution is -2.19. The van der Waals surface area contributed by atoms with Crippen molar-refractivity contribution in [3.05, 3.63) is 29.4 Å². The highest BCUT2D eigenvalue weighted by molar-refractivity contribution is 6.32. The lowest BCUT2D eigenvalue weighted by molar-refractivity contribution is 0.261. The summed E-state index contributed by atoms with van der Waals surface area (Å²) in [6, 6.07) is 4.11. The zero-order valence-electron chi connectivity index (χ0n) is 10.8. The van der Waals surface area contributed by atoms with Crippen molar-refractivity contribution in [2.45, 2.75) is 0 Å². The van der Waals surface area contributed by atoms with Gasteiger partial charge in [0.2, 0.25) is 5.88 Å². The summed E-state index contributed by atoms with van der Waals surface area (Å²) in [7, 11) is 2.95. The third-order valence-corrected chi connectivity index (χ3v) is 2.69. The molecule has 0 fully saturated rings. The van der Waals surface area contributed by atoms with Crippen molar-refractivity contribution in [1.82, 2.24) is 5.16 Å². The van der Waals surface area contributed by atoms with E-state index in [1.807, 2.05) is 0 Å². The average molecular weight is 298 g/mol. The van der Waals surface area contributed by atoms with Crippen LogP contribution in [0.2, 0.25) is 5.02 Å². The standard InChI is InChI=1S/C12H12ClN3O4/c1-18-9-6-8(10(19-2)5-7(9)13)15-12(17)16-11-3-4-14-20-11/h3-6H,1-2H3,(H2,15,16,17). The first kappa shape index (κ1) is 14.0. The average Bonchev–Trinajstić information content (AvgIpc) is 2.92. The third-order valence-electron chi connectivity index (χ3n) is 2.40. The van der Waals surface area contributed by atoms with Gasteiger partial charge < -0.3 is 19.3 Å². The van der Waals surface area contributed by atoms with Crippen LogP contribution in [0, 0.1) is 0 Å². The molecule has 0 aliphatic heterocycles. The number of ether oxygens (including phenoxy) is 2. The quantitative estimate of drug-likeness (QED) is 0.906. The first-order valence-electron chi connectivity index (χ1n) is 5.54. The van der Waals surface area contributed by atoms with Gasteiger partial charge in [-0.15, -0.1) is 0 Å². The van der Waals surface area contributed by atoms with Crippen LogP contribution in [-0.4, -0.2) is 25.4 Å². The second-order valence-electron chi connectivity index (χ2n) is 3.64. The smallest absolute Gasteiger partial charge is 0.326 e. The summed E-state index contributed by atoms with van der Waals surface area (Å²) >= 11 is 5.98. The van der Waals surface area contributed by atoms with Crippen LogP contribution >= 0.6 is 11.6 Å². The number of nitrogens with zero attached hydrogens (tertiary/aromatic N) is 1.